The van der Waals surface area contributed by atoms with Gasteiger partial charge in [-0.25, -0.2) is 9.55 Å². The SMILES string of the molecule is Nc1nc2c(ncn2[C@H]2CCC(COP(=O)(O)O)O2)c(=O)[nH]1. The van der Waals surface area contributed by atoms with E-state index < -0.39 is 25.7 Å². The minimum atomic E-state index is -4.52. The van der Waals surface area contributed by atoms with Gasteiger partial charge < -0.3 is 20.3 Å². The van der Waals surface area contributed by atoms with E-state index in [0.717, 1.165) is 0 Å². The Morgan fingerprint density at radius 3 is 3.05 bits per heavy atom. The lowest BCUT2D eigenvalue weighted by Gasteiger charge is -2.15. The fourth-order valence-corrected chi connectivity index (χ4v) is 2.71. The van der Waals surface area contributed by atoms with Gasteiger partial charge in [0.05, 0.1) is 19.0 Å². The Hall–Kier alpha value is -1.78. The van der Waals surface area contributed by atoms with Gasteiger partial charge >= 0.3 is 7.82 Å². The van der Waals surface area contributed by atoms with Crippen molar-refractivity contribution in [3.8, 4) is 0 Å². The monoisotopic (exact) mass is 331 g/mol. The summed E-state index contributed by atoms with van der Waals surface area (Å²) in [6.07, 6.45) is 1.61. The van der Waals surface area contributed by atoms with Gasteiger partial charge in [-0.2, -0.15) is 4.98 Å². The Bertz CT molecular complexity index is 797. The number of aromatic amines is 1. The molecule has 2 atom stereocenters. The van der Waals surface area contributed by atoms with Crippen LogP contribution in [-0.2, 0) is 13.8 Å². The second kappa shape index (κ2) is 5.45. The predicted molar refractivity (Wildman–Crippen MR) is 73.7 cm³/mol. The largest absolute Gasteiger partial charge is 0.469 e. The molecule has 0 aromatic carbocycles. The zero-order valence-electron chi connectivity index (χ0n) is 11.2. The quantitative estimate of drug-likeness (QED) is 0.539. The van der Waals surface area contributed by atoms with Crippen LogP contribution in [0, 0.1) is 0 Å². The van der Waals surface area contributed by atoms with Gasteiger partial charge in [-0.05, 0) is 12.8 Å². The third-order valence-corrected chi connectivity index (χ3v) is 3.76. The molecule has 1 fully saturated rings. The van der Waals surface area contributed by atoms with E-state index in [1.54, 1.807) is 4.57 Å². The molecule has 1 aliphatic rings. The number of rotatable bonds is 4. The van der Waals surface area contributed by atoms with Gasteiger partial charge in [-0.1, -0.05) is 0 Å². The highest BCUT2D eigenvalue weighted by molar-refractivity contribution is 7.46. The van der Waals surface area contributed by atoms with E-state index in [9.17, 15) is 9.36 Å². The van der Waals surface area contributed by atoms with E-state index in [4.69, 9.17) is 20.3 Å². The van der Waals surface area contributed by atoms with Crippen LogP contribution in [0.2, 0.25) is 0 Å². The second-order valence-corrected chi connectivity index (χ2v) is 6.09. The number of hydrogen-bond acceptors (Lipinski definition) is 7. The Kier molecular flexibility index (Phi) is 3.75. The standard InChI is InChI=1S/C10H14N5O6P/c11-10-13-8-7(9(16)14-10)12-4-15(8)6-2-1-5(21-6)3-20-22(17,18)19/h4-6H,1-3H2,(H2,17,18,19)(H3,11,13,14,16)/t5?,6-/m1/s1. The highest BCUT2D eigenvalue weighted by Gasteiger charge is 2.30. The van der Waals surface area contributed by atoms with E-state index in [1.165, 1.54) is 6.33 Å². The highest BCUT2D eigenvalue weighted by Crippen LogP contribution is 2.38. The number of phosphoric acid groups is 1. The van der Waals surface area contributed by atoms with Crippen molar-refractivity contribution in [3.05, 3.63) is 16.7 Å². The average molecular weight is 331 g/mol. The molecule has 3 rings (SSSR count). The second-order valence-electron chi connectivity index (χ2n) is 4.85. The van der Waals surface area contributed by atoms with E-state index in [0.29, 0.717) is 18.5 Å². The summed E-state index contributed by atoms with van der Waals surface area (Å²) in [4.78, 5) is 39.4. The minimum Gasteiger partial charge on any atom is -0.369 e. The highest BCUT2D eigenvalue weighted by atomic mass is 31.2. The molecule has 1 aliphatic heterocycles. The number of hydrogen-bond donors (Lipinski definition) is 4. The van der Waals surface area contributed by atoms with E-state index in [2.05, 4.69) is 19.5 Å². The van der Waals surface area contributed by atoms with Crippen molar-refractivity contribution in [2.45, 2.75) is 25.2 Å². The fourth-order valence-electron chi connectivity index (χ4n) is 2.35. The summed E-state index contributed by atoms with van der Waals surface area (Å²) in [5, 5.41) is 0. The third-order valence-electron chi connectivity index (χ3n) is 3.27. The first-order valence-electron chi connectivity index (χ1n) is 6.41. The van der Waals surface area contributed by atoms with Crippen molar-refractivity contribution >= 4 is 24.9 Å². The summed E-state index contributed by atoms with van der Waals surface area (Å²) in [7, 11) is -4.52. The van der Waals surface area contributed by atoms with Crippen molar-refractivity contribution < 1.29 is 23.6 Å². The first-order chi connectivity index (χ1) is 10.3. The molecule has 1 unspecified atom stereocenters. The molecule has 0 saturated carbocycles. The summed E-state index contributed by atoms with van der Waals surface area (Å²) in [6.45, 7) is -0.219. The van der Waals surface area contributed by atoms with Crippen LogP contribution in [-0.4, -0.2) is 42.0 Å². The number of ether oxygens (including phenoxy) is 1. The van der Waals surface area contributed by atoms with Gasteiger partial charge in [0.15, 0.2) is 11.2 Å². The van der Waals surface area contributed by atoms with Crippen LogP contribution in [0.4, 0.5) is 5.95 Å². The van der Waals surface area contributed by atoms with Gasteiger partial charge in [-0.3, -0.25) is 18.9 Å². The number of anilines is 1. The zero-order valence-corrected chi connectivity index (χ0v) is 12.1. The third kappa shape index (κ3) is 3.03. The number of H-pyrrole nitrogens is 1. The maximum Gasteiger partial charge on any atom is 0.469 e. The van der Waals surface area contributed by atoms with Gasteiger partial charge in [0.25, 0.3) is 5.56 Å². The summed E-state index contributed by atoms with van der Waals surface area (Å²) >= 11 is 0. The Morgan fingerprint density at radius 2 is 2.32 bits per heavy atom. The van der Waals surface area contributed by atoms with Crippen LogP contribution in [0.3, 0.4) is 0 Å². The molecule has 0 amide bonds. The van der Waals surface area contributed by atoms with E-state index in [1.807, 2.05) is 0 Å². The van der Waals surface area contributed by atoms with Gasteiger partial charge in [0, 0.05) is 0 Å². The summed E-state index contributed by atoms with van der Waals surface area (Å²) < 4.78 is 22.3. The average Bonchev–Trinajstić information content (AvgIpc) is 3.01. The topological polar surface area (TPSA) is 166 Å². The lowest BCUT2D eigenvalue weighted by atomic mass is 10.2. The lowest BCUT2D eigenvalue weighted by molar-refractivity contribution is -0.0205. The number of aromatic nitrogens is 4. The van der Waals surface area contributed by atoms with E-state index in [-0.39, 0.29) is 18.1 Å². The maximum absolute atomic E-state index is 11.7. The number of nitrogen functional groups attached to an aromatic ring is 1. The molecular weight excluding hydrogens is 317 g/mol. The van der Waals surface area contributed by atoms with Crippen LogP contribution in [0.5, 0.6) is 0 Å². The Labute approximate surface area is 123 Å². The van der Waals surface area contributed by atoms with Crippen molar-refractivity contribution in [1.82, 2.24) is 19.5 Å². The molecule has 1 saturated heterocycles. The lowest BCUT2D eigenvalue weighted by Crippen LogP contribution is -2.17. The van der Waals surface area contributed by atoms with Crippen molar-refractivity contribution in [2.75, 3.05) is 12.3 Å². The normalized spacial score (nSPS) is 22.5. The molecule has 120 valence electrons. The van der Waals surface area contributed by atoms with Crippen LogP contribution in [0.15, 0.2) is 11.1 Å². The predicted octanol–water partition coefficient (Wildman–Crippen LogP) is -0.511. The fraction of sp³-hybridized carbons (Fsp3) is 0.500. The first kappa shape index (κ1) is 15.1. The summed E-state index contributed by atoms with van der Waals surface area (Å²) in [5.74, 6) is -0.0290. The molecule has 2 aromatic rings. The van der Waals surface area contributed by atoms with Crippen molar-refractivity contribution in [3.63, 3.8) is 0 Å². The van der Waals surface area contributed by atoms with Crippen LogP contribution in [0.1, 0.15) is 19.1 Å². The molecule has 22 heavy (non-hydrogen) atoms. The van der Waals surface area contributed by atoms with Gasteiger partial charge in [0.1, 0.15) is 6.23 Å². The smallest absolute Gasteiger partial charge is 0.369 e. The van der Waals surface area contributed by atoms with Crippen molar-refractivity contribution in [2.24, 2.45) is 0 Å². The molecule has 5 N–H and O–H groups in total. The van der Waals surface area contributed by atoms with Crippen LogP contribution >= 0.6 is 7.82 Å². The number of nitrogens with zero attached hydrogens (tertiary/aromatic N) is 3. The molecule has 0 radical (unpaired) electrons. The molecule has 0 aliphatic carbocycles. The summed E-state index contributed by atoms with van der Waals surface area (Å²) in [6, 6.07) is 0. The number of imidazole rings is 1. The number of nitrogens with one attached hydrogen (secondary N) is 1. The van der Waals surface area contributed by atoms with Crippen LogP contribution < -0.4 is 11.3 Å². The first-order valence-corrected chi connectivity index (χ1v) is 7.94. The minimum absolute atomic E-state index is 0.0290. The molecule has 0 bridgehead atoms. The van der Waals surface area contributed by atoms with E-state index >= 15 is 0 Å². The molecule has 11 nitrogen and oxygen atoms in total. The zero-order chi connectivity index (χ0) is 15.9. The van der Waals surface area contributed by atoms with Crippen molar-refractivity contribution in [1.29, 1.82) is 0 Å². The number of fused-ring (bicyclic) bond motifs is 1. The Balaban J connectivity index is 1.79. The van der Waals surface area contributed by atoms with Gasteiger partial charge in [0.2, 0.25) is 5.95 Å². The van der Waals surface area contributed by atoms with Crippen LogP contribution in [0.25, 0.3) is 11.2 Å². The molecule has 12 heteroatoms. The molecule has 3 heterocycles. The number of phosphoric ester groups is 1. The Morgan fingerprint density at radius 1 is 1.55 bits per heavy atom. The summed E-state index contributed by atoms with van der Waals surface area (Å²) in [5.41, 5.74) is 5.52. The maximum atomic E-state index is 11.7. The van der Waals surface area contributed by atoms with Gasteiger partial charge in [-0.15, -0.1) is 0 Å². The number of nitrogens with two attached hydrogens (primary N) is 1. The molecular formula is C10H14N5O6P. The molecule has 2 aromatic heterocycles. The molecule has 0 spiro atoms.